The van der Waals surface area contributed by atoms with Gasteiger partial charge in [0.1, 0.15) is 0 Å². The first kappa shape index (κ1) is 32.0. The molecule has 2 radical (unpaired) electrons. The van der Waals surface area contributed by atoms with Crippen molar-refractivity contribution in [2.45, 2.75) is 187 Å². The predicted octanol–water partition coefficient (Wildman–Crippen LogP) is 12.2. The smallest absolute Gasteiger partial charge is 0.0355 e. The fourth-order valence-electron chi connectivity index (χ4n) is 5.02. The molecular weight excluding hydrogens is 384 g/mol. The zero-order valence-electron chi connectivity index (χ0n) is 23.0. The minimum Gasteiger partial charge on any atom is -0.0654 e. The molecule has 1 saturated carbocycles. The molecule has 0 nitrogen and oxygen atoms in total. The van der Waals surface area contributed by atoms with Crippen molar-refractivity contribution in [3.8, 4) is 0 Å². The van der Waals surface area contributed by atoms with Gasteiger partial charge >= 0.3 is 0 Å². The first-order chi connectivity index (χ1) is 15.8. The number of hydrogen-bond acceptors (Lipinski definition) is 0. The Hall–Kier alpha value is 0. The molecule has 0 aliphatic heterocycles. The van der Waals surface area contributed by atoms with E-state index >= 15 is 0 Å². The second-order valence-electron chi connectivity index (χ2n) is 10.6. The molecule has 1 unspecified atom stereocenters. The molecule has 1 fully saturated rings. The second kappa shape index (κ2) is 29.0. The summed E-state index contributed by atoms with van der Waals surface area (Å²) >= 11 is 0. The van der Waals surface area contributed by atoms with Crippen LogP contribution < -0.4 is 0 Å². The first-order valence-electron chi connectivity index (χ1n) is 15.5. The fourth-order valence-corrected chi connectivity index (χ4v) is 5.02. The minimum atomic E-state index is 0.971. The lowest BCUT2D eigenvalue weighted by Crippen LogP contribution is -1.99. The second-order valence-corrected chi connectivity index (χ2v) is 10.6. The Morgan fingerprint density at radius 1 is 0.531 bits per heavy atom. The van der Waals surface area contributed by atoms with Crippen molar-refractivity contribution in [3.63, 3.8) is 0 Å². The van der Waals surface area contributed by atoms with E-state index in [1.165, 1.54) is 167 Å². The van der Waals surface area contributed by atoms with Crippen LogP contribution in [0, 0.1) is 19.3 Å². The SMILES string of the molecule is CCCCCCCCCC1[CH]CCCCC1.[CH2]CCCCCCCCCCCCCCC. The highest BCUT2D eigenvalue weighted by atomic mass is 14.2. The van der Waals surface area contributed by atoms with Gasteiger partial charge in [0.15, 0.2) is 0 Å². The molecule has 0 saturated heterocycles. The summed E-state index contributed by atoms with van der Waals surface area (Å²) in [7, 11) is 0. The van der Waals surface area contributed by atoms with Crippen molar-refractivity contribution in [1.82, 2.24) is 0 Å². The Balaban J connectivity index is 0.000000601. The third kappa shape index (κ3) is 26.3. The van der Waals surface area contributed by atoms with Crippen LogP contribution in [-0.4, -0.2) is 0 Å². The molecule has 0 aromatic rings. The molecule has 0 aromatic carbocycles. The average Bonchev–Trinajstić information content (AvgIpc) is 3.09. The predicted molar refractivity (Wildman–Crippen MR) is 149 cm³/mol. The molecule has 0 amide bonds. The quantitative estimate of drug-likeness (QED) is 0.121. The molecule has 32 heavy (non-hydrogen) atoms. The van der Waals surface area contributed by atoms with E-state index in [-0.39, 0.29) is 0 Å². The van der Waals surface area contributed by atoms with Crippen LogP contribution in [0.4, 0.5) is 0 Å². The van der Waals surface area contributed by atoms with Gasteiger partial charge in [-0.1, -0.05) is 188 Å². The summed E-state index contributed by atoms with van der Waals surface area (Å²) in [6, 6.07) is 0. The molecule has 1 rings (SSSR count). The lowest BCUT2D eigenvalue weighted by atomic mass is 9.93. The lowest BCUT2D eigenvalue weighted by molar-refractivity contribution is 0.465. The Labute approximate surface area is 206 Å². The van der Waals surface area contributed by atoms with E-state index in [0.29, 0.717) is 0 Å². The molecule has 1 aliphatic carbocycles. The van der Waals surface area contributed by atoms with E-state index in [4.69, 9.17) is 0 Å². The zero-order valence-corrected chi connectivity index (χ0v) is 23.0. The van der Waals surface area contributed by atoms with E-state index in [1.807, 2.05) is 0 Å². The Kier molecular flexibility index (Phi) is 29.0. The fraction of sp³-hybridized carbons (Fsp3) is 0.938. The van der Waals surface area contributed by atoms with Gasteiger partial charge in [0.05, 0.1) is 0 Å². The van der Waals surface area contributed by atoms with Crippen LogP contribution in [-0.2, 0) is 0 Å². The van der Waals surface area contributed by atoms with Gasteiger partial charge in [0.2, 0.25) is 0 Å². The lowest BCUT2D eigenvalue weighted by Gasteiger charge is -2.12. The van der Waals surface area contributed by atoms with Gasteiger partial charge in [0.25, 0.3) is 0 Å². The van der Waals surface area contributed by atoms with Gasteiger partial charge in [-0.15, -0.1) is 0 Å². The van der Waals surface area contributed by atoms with Crippen LogP contribution >= 0.6 is 0 Å². The molecular formula is C32H64. The van der Waals surface area contributed by atoms with E-state index in [0.717, 1.165) is 12.3 Å². The van der Waals surface area contributed by atoms with Crippen LogP contribution in [0.1, 0.15) is 187 Å². The van der Waals surface area contributed by atoms with Gasteiger partial charge < -0.3 is 0 Å². The van der Waals surface area contributed by atoms with Crippen molar-refractivity contribution in [2.24, 2.45) is 5.92 Å². The number of unbranched alkanes of at least 4 members (excludes halogenated alkanes) is 19. The topological polar surface area (TPSA) is 0 Å². The molecule has 1 aliphatic rings. The summed E-state index contributed by atoms with van der Waals surface area (Å²) in [6.07, 6.45) is 41.4. The molecule has 0 bridgehead atoms. The van der Waals surface area contributed by atoms with E-state index in [2.05, 4.69) is 27.2 Å². The highest BCUT2D eigenvalue weighted by Gasteiger charge is 2.11. The van der Waals surface area contributed by atoms with E-state index in [9.17, 15) is 0 Å². The normalized spacial score (nSPS) is 14.7. The van der Waals surface area contributed by atoms with Crippen LogP contribution in [0.2, 0.25) is 0 Å². The maximum Gasteiger partial charge on any atom is -0.0355 e. The number of hydrogen-bond donors (Lipinski definition) is 0. The van der Waals surface area contributed by atoms with Crippen molar-refractivity contribution >= 4 is 0 Å². The monoisotopic (exact) mass is 449 g/mol. The van der Waals surface area contributed by atoms with Crippen LogP contribution in [0.5, 0.6) is 0 Å². The van der Waals surface area contributed by atoms with Gasteiger partial charge in [-0.2, -0.15) is 0 Å². The van der Waals surface area contributed by atoms with Crippen LogP contribution in [0.3, 0.4) is 0 Å². The standard InChI is InChI=1S/C16H31.C16H33/c1-2-3-4-5-6-7-10-13-16-14-11-8-9-12-15-16;1-3-5-7-9-11-13-15-16-14-12-10-8-6-4-2/h14,16H,2-13,15H2,1H3;1,3-16H2,2H3. The minimum absolute atomic E-state index is 0.971. The van der Waals surface area contributed by atoms with Crippen molar-refractivity contribution in [2.75, 3.05) is 0 Å². The van der Waals surface area contributed by atoms with Crippen LogP contribution in [0.25, 0.3) is 0 Å². The Morgan fingerprint density at radius 2 is 0.969 bits per heavy atom. The van der Waals surface area contributed by atoms with Crippen molar-refractivity contribution in [3.05, 3.63) is 13.3 Å². The molecule has 192 valence electrons. The van der Waals surface area contributed by atoms with E-state index in [1.54, 1.807) is 0 Å². The molecule has 1 atom stereocenters. The summed E-state index contributed by atoms with van der Waals surface area (Å²) in [4.78, 5) is 0. The van der Waals surface area contributed by atoms with Gasteiger partial charge in [0, 0.05) is 0 Å². The highest BCUT2D eigenvalue weighted by Crippen LogP contribution is 2.26. The summed E-state index contributed by atoms with van der Waals surface area (Å²) < 4.78 is 0. The van der Waals surface area contributed by atoms with Gasteiger partial charge in [-0.25, -0.2) is 0 Å². The van der Waals surface area contributed by atoms with Gasteiger partial charge in [-0.05, 0) is 18.8 Å². The molecule has 0 heteroatoms. The molecule has 0 heterocycles. The Bertz CT molecular complexity index is 285. The maximum atomic E-state index is 3.87. The maximum absolute atomic E-state index is 3.87. The summed E-state index contributed by atoms with van der Waals surface area (Å²) in [6.45, 7) is 8.45. The first-order valence-corrected chi connectivity index (χ1v) is 15.5. The zero-order chi connectivity index (χ0) is 23.4. The summed E-state index contributed by atoms with van der Waals surface area (Å²) in [5, 5.41) is 0. The average molecular weight is 449 g/mol. The number of rotatable bonds is 21. The largest absolute Gasteiger partial charge is 0.0654 e. The van der Waals surface area contributed by atoms with E-state index < -0.39 is 0 Å². The molecule has 0 N–H and O–H groups in total. The van der Waals surface area contributed by atoms with Crippen molar-refractivity contribution in [1.29, 1.82) is 0 Å². The summed E-state index contributed by atoms with van der Waals surface area (Å²) in [5.74, 6) is 0.971. The van der Waals surface area contributed by atoms with Crippen LogP contribution in [0.15, 0.2) is 0 Å². The summed E-state index contributed by atoms with van der Waals surface area (Å²) in [5.41, 5.74) is 0. The Morgan fingerprint density at radius 3 is 1.44 bits per heavy atom. The van der Waals surface area contributed by atoms with Gasteiger partial charge in [-0.3, -0.25) is 0 Å². The third-order valence-electron chi connectivity index (χ3n) is 7.31. The molecule has 0 aromatic heterocycles. The highest BCUT2D eigenvalue weighted by molar-refractivity contribution is 4.79. The molecule has 0 spiro atoms. The third-order valence-corrected chi connectivity index (χ3v) is 7.31. The van der Waals surface area contributed by atoms with Crippen molar-refractivity contribution < 1.29 is 0 Å².